The van der Waals surface area contributed by atoms with Crippen LogP contribution in [0.5, 0.6) is 5.75 Å². The van der Waals surface area contributed by atoms with E-state index in [-0.39, 0.29) is 17.8 Å². The van der Waals surface area contributed by atoms with Gasteiger partial charge in [-0.3, -0.25) is 4.90 Å². The number of β-amino-alcohol motifs (C(OH)–C–C–N with tert-alkyl or cyclic N) is 1. The van der Waals surface area contributed by atoms with Crippen molar-refractivity contribution in [1.29, 1.82) is 0 Å². The average Bonchev–Trinajstić information content (AvgIpc) is 3.43. The van der Waals surface area contributed by atoms with Crippen molar-refractivity contribution >= 4 is 28.5 Å². The maximum absolute atomic E-state index is 12.7. The summed E-state index contributed by atoms with van der Waals surface area (Å²) in [4.78, 5) is 28.7. The van der Waals surface area contributed by atoms with Crippen LogP contribution in [-0.4, -0.2) is 74.9 Å². The van der Waals surface area contributed by atoms with E-state index in [0.29, 0.717) is 36.8 Å². The number of anilines is 2. The molecular weight excluding hydrogens is 472 g/mol. The molecule has 1 aliphatic rings. The van der Waals surface area contributed by atoms with Crippen molar-refractivity contribution in [1.82, 2.24) is 24.4 Å². The summed E-state index contributed by atoms with van der Waals surface area (Å²) in [6, 6.07) is 13.4. The number of aryl methyl sites for hydroxylation is 2. The Morgan fingerprint density at radius 3 is 2.65 bits per heavy atom. The van der Waals surface area contributed by atoms with Crippen molar-refractivity contribution in [3.8, 4) is 17.0 Å². The largest absolute Gasteiger partial charge is 0.492 e. The molecule has 1 aliphatic heterocycles. The number of fused-ring (bicyclic) bond motifs is 1. The Balaban J connectivity index is 1.39. The molecule has 37 heavy (non-hydrogen) atoms. The predicted molar refractivity (Wildman–Crippen MR) is 140 cm³/mol. The monoisotopic (exact) mass is 502 g/mol. The molecule has 2 N–H and O–H groups in total. The van der Waals surface area contributed by atoms with Crippen molar-refractivity contribution < 1.29 is 19.4 Å². The lowest BCUT2D eigenvalue weighted by Crippen LogP contribution is -2.30. The molecular formula is C27H30N6O4. The van der Waals surface area contributed by atoms with Gasteiger partial charge in [-0.2, -0.15) is 0 Å². The highest BCUT2D eigenvalue weighted by Gasteiger charge is 2.28. The van der Waals surface area contributed by atoms with Crippen molar-refractivity contribution in [2.75, 3.05) is 32.6 Å². The summed E-state index contributed by atoms with van der Waals surface area (Å²) in [5.41, 5.74) is 4.56. The van der Waals surface area contributed by atoms with Crippen molar-refractivity contribution in [3.63, 3.8) is 0 Å². The number of ether oxygens (including phenoxy) is 2. The second kappa shape index (κ2) is 10.2. The highest BCUT2D eigenvalue weighted by atomic mass is 16.5. The second-order valence-electron chi connectivity index (χ2n) is 9.32. The molecule has 2 atom stereocenters. The number of likely N-dealkylation sites (N-methyl/N-ethyl adjacent to an activating group) is 1. The van der Waals surface area contributed by atoms with Gasteiger partial charge in [0.2, 0.25) is 0 Å². The molecule has 0 saturated carbocycles. The maximum atomic E-state index is 12.7. The van der Waals surface area contributed by atoms with Crippen LogP contribution in [0.4, 0.5) is 11.5 Å². The Bertz CT molecular complexity index is 1440. The lowest BCUT2D eigenvalue weighted by atomic mass is 10.1. The second-order valence-corrected chi connectivity index (χ2v) is 9.32. The zero-order valence-corrected chi connectivity index (χ0v) is 21.3. The molecule has 3 heterocycles. The van der Waals surface area contributed by atoms with Crippen LogP contribution in [0.25, 0.3) is 22.3 Å². The first-order valence-corrected chi connectivity index (χ1v) is 12.1. The van der Waals surface area contributed by atoms with E-state index in [1.54, 1.807) is 6.33 Å². The number of para-hydroxylation sites is 1. The van der Waals surface area contributed by atoms with E-state index in [1.165, 1.54) is 7.11 Å². The number of aromatic nitrogens is 4. The Hall–Kier alpha value is -4.02. The fraction of sp³-hybridized carbons (Fsp3) is 0.333. The summed E-state index contributed by atoms with van der Waals surface area (Å²) in [7, 11) is 5.24. The molecule has 0 unspecified atom stereocenters. The van der Waals surface area contributed by atoms with Crippen LogP contribution in [0.15, 0.2) is 48.8 Å². The molecule has 0 spiro atoms. The Morgan fingerprint density at radius 1 is 1.16 bits per heavy atom. The molecule has 2 aromatic carbocycles. The molecule has 5 rings (SSSR count). The van der Waals surface area contributed by atoms with Crippen LogP contribution in [0.3, 0.4) is 0 Å². The summed E-state index contributed by atoms with van der Waals surface area (Å²) in [6.07, 6.45) is 2.15. The number of nitrogens with zero attached hydrogens (tertiary/aromatic N) is 5. The van der Waals surface area contributed by atoms with Crippen molar-refractivity contribution in [2.24, 2.45) is 7.05 Å². The number of carbonyl (C=O) groups excluding carboxylic acids is 1. The van der Waals surface area contributed by atoms with E-state index in [4.69, 9.17) is 9.47 Å². The zero-order valence-electron chi connectivity index (χ0n) is 21.3. The highest BCUT2D eigenvalue weighted by Crippen LogP contribution is 2.31. The Morgan fingerprint density at radius 2 is 1.95 bits per heavy atom. The third-order valence-corrected chi connectivity index (χ3v) is 6.68. The van der Waals surface area contributed by atoms with Crippen molar-refractivity contribution in [2.45, 2.75) is 25.5 Å². The number of carbonyl (C=O) groups is 1. The summed E-state index contributed by atoms with van der Waals surface area (Å²) < 4.78 is 12.9. The molecule has 10 heteroatoms. The molecule has 4 aromatic rings. The van der Waals surface area contributed by atoms with E-state index in [2.05, 4.69) is 25.2 Å². The van der Waals surface area contributed by atoms with Gasteiger partial charge in [0.25, 0.3) is 0 Å². The number of hydrogen-bond donors (Lipinski definition) is 2. The average molecular weight is 503 g/mol. The van der Waals surface area contributed by atoms with E-state index in [1.807, 2.05) is 68.1 Å². The van der Waals surface area contributed by atoms with E-state index in [0.717, 1.165) is 28.0 Å². The number of nitrogens with one attached hydrogen (secondary N) is 1. The summed E-state index contributed by atoms with van der Waals surface area (Å²) in [5.74, 6) is 0.429. The highest BCUT2D eigenvalue weighted by molar-refractivity contribution is 5.96. The Labute approximate surface area is 214 Å². The molecule has 1 saturated heterocycles. The number of hydrogen-bond acceptors (Lipinski definition) is 9. The van der Waals surface area contributed by atoms with Gasteiger partial charge in [0.05, 0.1) is 42.0 Å². The van der Waals surface area contributed by atoms with Gasteiger partial charge in [-0.15, -0.1) is 0 Å². The van der Waals surface area contributed by atoms with Crippen LogP contribution >= 0.6 is 0 Å². The standard InChI is InChI=1S/C27H30N6O4/c1-16-23(21-6-5-7-22-24(21)28-15-33(22)3)31-25(27(35)36-4)26(29-16)30-17-8-10-20(11-9-17)37-14-18-12-19(34)13-32(18)2/h5-11,15,18-19,34H,12-14H2,1-4H3,(H,29,30)/t18-,19+/m0/s1. The number of esters is 1. The van der Waals surface area contributed by atoms with E-state index in [9.17, 15) is 9.90 Å². The lowest BCUT2D eigenvalue weighted by Gasteiger charge is -2.19. The molecule has 1 fully saturated rings. The number of imidazole rings is 1. The van der Waals surface area contributed by atoms with Crippen LogP contribution in [0.1, 0.15) is 22.6 Å². The number of rotatable bonds is 7. The minimum Gasteiger partial charge on any atom is -0.492 e. The first-order valence-electron chi connectivity index (χ1n) is 12.1. The van der Waals surface area contributed by atoms with Crippen LogP contribution < -0.4 is 10.1 Å². The fourth-order valence-electron chi connectivity index (χ4n) is 4.66. The Kier molecular flexibility index (Phi) is 6.77. The number of methoxy groups -OCH3 is 1. The third-order valence-electron chi connectivity index (χ3n) is 6.68. The van der Waals surface area contributed by atoms with Crippen LogP contribution in [0.2, 0.25) is 0 Å². The summed E-state index contributed by atoms with van der Waals surface area (Å²) in [6.45, 7) is 3.02. The number of likely N-dealkylation sites (tertiary alicyclic amines) is 1. The van der Waals surface area contributed by atoms with Gasteiger partial charge in [-0.25, -0.2) is 19.7 Å². The fourth-order valence-corrected chi connectivity index (χ4v) is 4.66. The SMILES string of the molecule is COC(=O)c1nc(-c2cccc3c2ncn3C)c(C)nc1Nc1ccc(OC[C@@H]2C[C@@H](O)CN2C)cc1. The molecule has 0 bridgehead atoms. The van der Waals surface area contributed by atoms with Gasteiger partial charge in [0.15, 0.2) is 11.5 Å². The van der Waals surface area contributed by atoms with Gasteiger partial charge in [0.1, 0.15) is 12.4 Å². The first-order chi connectivity index (χ1) is 17.8. The molecule has 10 nitrogen and oxygen atoms in total. The van der Waals surface area contributed by atoms with Gasteiger partial charge in [0, 0.05) is 30.9 Å². The smallest absolute Gasteiger partial charge is 0.360 e. The van der Waals surface area contributed by atoms with Gasteiger partial charge >= 0.3 is 5.97 Å². The normalized spacial score (nSPS) is 17.8. The third kappa shape index (κ3) is 4.98. The maximum Gasteiger partial charge on any atom is 0.360 e. The minimum atomic E-state index is -0.590. The summed E-state index contributed by atoms with van der Waals surface area (Å²) in [5, 5.41) is 13.0. The topological polar surface area (TPSA) is 115 Å². The zero-order chi connectivity index (χ0) is 26.1. The number of aliphatic hydroxyl groups excluding tert-OH is 1. The molecule has 192 valence electrons. The van der Waals surface area contributed by atoms with Gasteiger partial charge in [-0.05, 0) is 50.7 Å². The van der Waals surface area contributed by atoms with E-state index >= 15 is 0 Å². The van der Waals surface area contributed by atoms with Gasteiger partial charge in [-0.1, -0.05) is 12.1 Å². The lowest BCUT2D eigenvalue weighted by molar-refractivity contribution is 0.0595. The van der Waals surface area contributed by atoms with Crippen molar-refractivity contribution in [3.05, 3.63) is 60.2 Å². The summed E-state index contributed by atoms with van der Waals surface area (Å²) >= 11 is 0. The van der Waals surface area contributed by atoms with Crippen LogP contribution in [-0.2, 0) is 11.8 Å². The molecule has 0 aliphatic carbocycles. The minimum absolute atomic E-state index is 0.0826. The molecule has 0 amide bonds. The van der Waals surface area contributed by atoms with E-state index < -0.39 is 5.97 Å². The van der Waals surface area contributed by atoms with Gasteiger partial charge < -0.3 is 24.5 Å². The quantitative estimate of drug-likeness (QED) is 0.367. The number of benzene rings is 2. The molecule has 0 radical (unpaired) electrons. The van der Waals surface area contributed by atoms with Crippen LogP contribution in [0, 0.1) is 6.92 Å². The molecule has 2 aromatic heterocycles. The number of aliphatic hydroxyl groups is 1. The first kappa shape index (κ1) is 24.7. The predicted octanol–water partition coefficient (Wildman–Crippen LogP) is 3.31.